The molecule has 1 aliphatic heterocycles. The van der Waals surface area contributed by atoms with Gasteiger partial charge in [0.2, 0.25) is 11.8 Å². The average molecular weight is 428 g/mol. The van der Waals surface area contributed by atoms with Gasteiger partial charge in [-0.05, 0) is 42.2 Å². The fourth-order valence-electron chi connectivity index (χ4n) is 4.24. The van der Waals surface area contributed by atoms with Crippen molar-refractivity contribution >= 4 is 23.2 Å². The van der Waals surface area contributed by atoms with Gasteiger partial charge in [0.25, 0.3) is 0 Å². The summed E-state index contributed by atoms with van der Waals surface area (Å²) in [6.45, 7) is 5.20. The minimum absolute atomic E-state index is 0.126. The molecule has 2 N–H and O–H groups in total. The first-order valence-corrected chi connectivity index (χ1v) is 11.0. The highest BCUT2D eigenvalue weighted by atomic mass is 16.2. The van der Waals surface area contributed by atoms with Crippen LogP contribution >= 0.6 is 0 Å². The van der Waals surface area contributed by atoms with Crippen LogP contribution in [0.25, 0.3) is 0 Å². The molecule has 3 aromatic rings. The first kappa shape index (κ1) is 21.6. The number of nitrogens with one attached hydrogen (secondary N) is 2. The average Bonchev–Trinajstić information content (AvgIpc) is 3.18. The van der Waals surface area contributed by atoms with Crippen LogP contribution in [-0.4, -0.2) is 18.4 Å². The smallest absolute Gasteiger partial charge is 0.226 e. The lowest BCUT2D eigenvalue weighted by Gasteiger charge is -2.22. The van der Waals surface area contributed by atoms with Crippen LogP contribution in [0.3, 0.4) is 0 Å². The van der Waals surface area contributed by atoms with Gasteiger partial charge in [-0.1, -0.05) is 66.2 Å². The van der Waals surface area contributed by atoms with E-state index in [1.807, 2.05) is 49.4 Å². The third kappa shape index (κ3) is 5.17. The Kier molecular flexibility index (Phi) is 6.55. The van der Waals surface area contributed by atoms with Gasteiger partial charge in [0, 0.05) is 31.4 Å². The van der Waals surface area contributed by atoms with Crippen LogP contribution in [-0.2, 0) is 22.6 Å². The number of amides is 2. The third-order valence-corrected chi connectivity index (χ3v) is 5.88. The van der Waals surface area contributed by atoms with E-state index in [0.717, 1.165) is 41.9 Å². The number of benzene rings is 3. The summed E-state index contributed by atoms with van der Waals surface area (Å²) < 4.78 is 0. The summed E-state index contributed by atoms with van der Waals surface area (Å²) in [4.78, 5) is 27.0. The highest BCUT2D eigenvalue weighted by Crippen LogP contribution is 2.30. The van der Waals surface area contributed by atoms with Crippen LogP contribution in [0.4, 0.5) is 11.4 Å². The number of carbonyl (C=O) groups is 2. The summed E-state index contributed by atoms with van der Waals surface area (Å²) in [6.07, 6.45) is 1.21. The lowest BCUT2D eigenvalue weighted by molar-refractivity contribution is -0.120. The van der Waals surface area contributed by atoms with Crippen molar-refractivity contribution in [2.75, 3.05) is 16.8 Å². The molecule has 1 atom stereocenters. The highest BCUT2D eigenvalue weighted by molar-refractivity contribution is 5.92. The Morgan fingerprint density at radius 3 is 2.47 bits per heavy atom. The summed E-state index contributed by atoms with van der Waals surface area (Å²) in [5.74, 6) is -0.282. The van der Waals surface area contributed by atoms with E-state index in [1.165, 1.54) is 18.2 Å². The Balaban J connectivity index is 1.47. The van der Waals surface area contributed by atoms with Crippen LogP contribution in [0.15, 0.2) is 72.8 Å². The van der Waals surface area contributed by atoms with Gasteiger partial charge < -0.3 is 15.5 Å². The van der Waals surface area contributed by atoms with E-state index in [1.54, 1.807) is 0 Å². The number of para-hydroxylation sites is 2. The van der Waals surface area contributed by atoms with Crippen molar-refractivity contribution < 1.29 is 9.59 Å². The highest BCUT2D eigenvalue weighted by Gasteiger charge is 2.21. The second kappa shape index (κ2) is 9.69. The van der Waals surface area contributed by atoms with Gasteiger partial charge in [-0.15, -0.1) is 0 Å². The van der Waals surface area contributed by atoms with Crippen LogP contribution in [0.2, 0.25) is 0 Å². The van der Waals surface area contributed by atoms with Crippen LogP contribution in [0, 0.1) is 6.92 Å². The normalized spacial score (nSPS) is 13.4. The number of hydrogen-bond acceptors (Lipinski definition) is 3. The number of hydrogen-bond donors (Lipinski definition) is 2. The zero-order chi connectivity index (χ0) is 22.5. The first-order chi connectivity index (χ1) is 15.5. The molecule has 4 rings (SSSR count). The van der Waals surface area contributed by atoms with Crippen LogP contribution < -0.4 is 15.5 Å². The Labute approximate surface area is 189 Å². The zero-order valence-electron chi connectivity index (χ0n) is 18.6. The van der Waals surface area contributed by atoms with Crippen molar-refractivity contribution in [2.24, 2.45) is 0 Å². The largest absolute Gasteiger partial charge is 0.367 e. The molecule has 3 aromatic carbocycles. The molecule has 164 valence electrons. The van der Waals surface area contributed by atoms with Crippen molar-refractivity contribution in [3.05, 3.63) is 95.1 Å². The lowest BCUT2D eigenvalue weighted by atomic mass is 10.0. The first-order valence-electron chi connectivity index (χ1n) is 11.0. The maximum absolute atomic E-state index is 13.0. The summed E-state index contributed by atoms with van der Waals surface area (Å²) in [7, 11) is 0. The van der Waals surface area contributed by atoms with E-state index in [9.17, 15) is 9.59 Å². The lowest BCUT2D eigenvalue weighted by Crippen LogP contribution is -2.30. The maximum Gasteiger partial charge on any atom is 0.226 e. The third-order valence-electron chi connectivity index (χ3n) is 5.88. The Morgan fingerprint density at radius 1 is 0.969 bits per heavy atom. The van der Waals surface area contributed by atoms with E-state index >= 15 is 0 Å². The molecule has 1 unspecified atom stereocenters. The molecule has 0 spiro atoms. The predicted octanol–water partition coefficient (Wildman–Crippen LogP) is 4.76. The molecular formula is C27H29N3O2. The van der Waals surface area contributed by atoms with E-state index in [2.05, 4.69) is 45.9 Å². The monoisotopic (exact) mass is 427 g/mol. The van der Waals surface area contributed by atoms with Crippen LogP contribution in [0.1, 0.15) is 41.6 Å². The molecule has 1 aliphatic rings. The van der Waals surface area contributed by atoms with Gasteiger partial charge in [-0.25, -0.2) is 0 Å². The van der Waals surface area contributed by atoms with E-state index in [0.29, 0.717) is 0 Å². The summed E-state index contributed by atoms with van der Waals surface area (Å²) in [5.41, 5.74) is 6.57. The minimum Gasteiger partial charge on any atom is -0.367 e. The molecule has 2 amide bonds. The van der Waals surface area contributed by atoms with Gasteiger partial charge in [0.15, 0.2) is 0 Å². The van der Waals surface area contributed by atoms with Crippen molar-refractivity contribution in [1.29, 1.82) is 0 Å². The molecule has 1 heterocycles. The zero-order valence-corrected chi connectivity index (χ0v) is 18.6. The van der Waals surface area contributed by atoms with Crippen molar-refractivity contribution in [3.8, 4) is 0 Å². The summed E-state index contributed by atoms with van der Waals surface area (Å²) >= 11 is 0. The Bertz CT molecular complexity index is 1110. The molecule has 32 heavy (non-hydrogen) atoms. The summed E-state index contributed by atoms with van der Waals surface area (Å²) in [6, 6.07) is 23.9. The Hall–Kier alpha value is -3.60. The number of carbonyl (C=O) groups excluding carboxylic acids is 2. The molecular weight excluding hydrogens is 398 g/mol. The molecule has 0 aliphatic carbocycles. The van der Waals surface area contributed by atoms with Crippen molar-refractivity contribution in [1.82, 2.24) is 5.32 Å². The fraction of sp³-hybridized carbons (Fsp3) is 0.259. The quantitative estimate of drug-likeness (QED) is 0.571. The topological polar surface area (TPSA) is 61.4 Å². The number of fused-ring (bicyclic) bond motifs is 1. The standard InChI is InChI=1S/C27H29N3O2/c1-19-11-13-21(14-12-19)25(28-20(2)31)17-27(32)29-24-9-5-3-8-23(24)18-30-16-15-22-7-4-6-10-26(22)30/h3-14,25H,15-18H2,1-2H3,(H,28,31)(H,29,32). The number of aryl methyl sites for hydroxylation is 1. The molecule has 0 bridgehead atoms. The van der Waals surface area contributed by atoms with Gasteiger partial charge >= 0.3 is 0 Å². The number of rotatable bonds is 7. The van der Waals surface area contributed by atoms with E-state index in [4.69, 9.17) is 0 Å². The molecule has 0 saturated heterocycles. The van der Waals surface area contributed by atoms with Gasteiger partial charge in [-0.3, -0.25) is 9.59 Å². The molecule has 5 nitrogen and oxygen atoms in total. The number of nitrogens with zero attached hydrogens (tertiary/aromatic N) is 1. The van der Waals surface area contributed by atoms with Gasteiger partial charge in [0.1, 0.15) is 0 Å². The van der Waals surface area contributed by atoms with E-state index in [-0.39, 0.29) is 24.3 Å². The van der Waals surface area contributed by atoms with Gasteiger partial charge in [-0.2, -0.15) is 0 Å². The van der Waals surface area contributed by atoms with Crippen molar-refractivity contribution in [2.45, 2.75) is 39.3 Å². The molecule has 0 radical (unpaired) electrons. The van der Waals surface area contributed by atoms with Crippen LogP contribution in [0.5, 0.6) is 0 Å². The second-order valence-corrected chi connectivity index (χ2v) is 8.37. The number of anilines is 2. The fourth-order valence-corrected chi connectivity index (χ4v) is 4.24. The molecule has 0 aromatic heterocycles. The molecule has 0 fully saturated rings. The molecule has 5 heteroatoms. The van der Waals surface area contributed by atoms with Crippen molar-refractivity contribution in [3.63, 3.8) is 0 Å². The SMILES string of the molecule is CC(=O)NC(CC(=O)Nc1ccccc1CN1CCc2ccccc21)c1ccc(C)cc1. The predicted molar refractivity (Wildman–Crippen MR) is 129 cm³/mol. The second-order valence-electron chi connectivity index (χ2n) is 8.37. The van der Waals surface area contributed by atoms with E-state index < -0.39 is 0 Å². The minimum atomic E-state index is -0.370. The molecule has 0 saturated carbocycles. The maximum atomic E-state index is 13.0. The summed E-state index contributed by atoms with van der Waals surface area (Å²) in [5, 5.41) is 5.99. The Morgan fingerprint density at radius 2 is 1.69 bits per heavy atom. The van der Waals surface area contributed by atoms with Gasteiger partial charge in [0.05, 0.1) is 12.5 Å².